The van der Waals surface area contributed by atoms with Crippen molar-refractivity contribution in [1.29, 1.82) is 0 Å². The number of amides is 7. The Morgan fingerprint density at radius 3 is 1.42 bits per heavy atom. The van der Waals surface area contributed by atoms with E-state index in [1.165, 1.54) is 24.3 Å². The lowest BCUT2D eigenvalue weighted by atomic mass is 10.0. The van der Waals surface area contributed by atoms with Crippen LogP contribution >= 0.6 is 0 Å². The molecular formula is C38H57N11O17. The smallest absolute Gasteiger partial charge is 0.328 e. The zero-order chi connectivity index (χ0) is 50.3. The number of carboxylic acid groups (broad SMARTS) is 4. The van der Waals surface area contributed by atoms with Crippen LogP contribution in [0.1, 0.15) is 70.3 Å². The van der Waals surface area contributed by atoms with E-state index in [0.29, 0.717) is 0 Å². The number of hydrogen-bond donors (Lipinski definition) is 16. The van der Waals surface area contributed by atoms with E-state index >= 15 is 0 Å². The number of rotatable bonds is 31. The molecule has 0 aliphatic carbocycles. The van der Waals surface area contributed by atoms with Crippen LogP contribution in [0.15, 0.2) is 29.3 Å². The van der Waals surface area contributed by atoms with Crippen LogP contribution in [-0.2, 0) is 59.2 Å². The standard InChI is InChI=1S/C38H57N11O17/c1-17(50)30(37(65)66)49-34(62)21(3-2-14-43-38(41)42)44-32(60)22(9-12-28(55)56)45-33(61)23(10-13-29(57)58)46-35(63)24(15-18-4-6-19(51)7-5-18)48-36(64)25(16-26(40)52)47-31(59)20(39)8-11-27(53)54/h4-7,17,20-25,30,50-51H,2-3,8-16,39H2,1H3,(H2,40,52)(H,44,60)(H,45,61)(H,46,63)(H,47,59)(H,48,64)(H,49,62)(H,53,54)(H,55,56)(H,57,58)(H,65,66)(H4,41,42,43)/t17-,20+,21+,22+,23+,24+,25+,30+/m1/s1. The summed E-state index contributed by atoms with van der Waals surface area (Å²) in [5, 5.41) is 70.3. The topological polar surface area (TPSA) is 498 Å². The Kier molecular flexibility index (Phi) is 24.1. The molecule has 0 heterocycles. The van der Waals surface area contributed by atoms with Gasteiger partial charge in [0.25, 0.3) is 0 Å². The highest BCUT2D eigenvalue weighted by atomic mass is 16.4. The van der Waals surface area contributed by atoms with E-state index in [4.69, 9.17) is 28.0 Å². The number of hydrogen-bond acceptors (Lipinski definition) is 15. The van der Waals surface area contributed by atoms with Gasteiger partial charge in [0.1, 0.15) is 36.0 Å². The summed E-state index contributed by atoms with van der Waals surface area (Å²) in [5.74, 6) is -14.5. The molecule has 0 bridgehead atoms. The average molecular weight is 940 g/mol. The number of aromatic hydroxyl groups is 1. The number of aliphatic imine (C=N–C) groups is 1. The van der Waals surface area contributed by atoms with Gasteiger partial charge >= 0.3 is 23.9 Å². The third-order valence-electron chi connectivity index (χ3n) is 9.24. The Morgan fingerprint density at radius 2 is 0.985 bits per heavy atom. The first kappa shape index (κ1) is 56.4. The molecule has 1 aromatic carbocycles. The van der Waals surface area contributed by atoms with E-state index in [1.54, 1.807) is 0 Å². The number of aliphatic hydroxyl groups is 1. The summed E-state index contributed by atoms with van der Waals surface area (Å²) in [4.78, 5) is 143. The Labute approximate surface area is 375 Å². The summed E-state index contributed by atoms with van der Waals surface area (Å²) in [7, 11) is 0. The molecule has 20 N–H and O–H groups in total. The van der Waals surface area contributed by atoms with Crippen LogP contribution in [-0.4, -0.2) is 157 Å². The van der Waals surface area contributed by atoms with Crippen molar-refractivity contribution in [2.24, 2.45) is 27.9 Å². The minimum Gasteiger partial charge on any atom is -0.508 e. The van der Waals surface area contributed by atoms with Crippen molar-refractivity contribution in [3.05, 3.63) is 29.8 Å². The van der Waals surface area contributed by atoms with Crippen molar-refractivity contribution in [3.63, 3.8) is 0 Å². The highest BCUT2D eigenvalue weighted by Crippen LogP contribution is 2.13. The summed E-state index contributed by atoms with van der Waals surface area (Å²) in [6.45, 7) is 0.986. The SMILES string of the molecule is C[C@@H](O)[C@H](NC(=O)[C@H](CCCN=C(N)N)NC(=O)[C@H](CCC(=O)O)NC(=O)[C@H](CCC(=O)O)NC(=O)[C@H](Cc1ccc(O)cc1)NC(=O)[C@H](CC(N)=O)NC(=O)[C@@H](N)CCC(=O)O)C(=O)O. The summed E-state index contributed by atoms with van der Waals surface area (Å²) < 4.78 is 0. The van der Waals surface area contributed by atoms with Crippen molar-refractivity contribution in [2.45, 2.75) is 120 Å². The molecule has 0 spiro atoms. The number of phenolic OH excluding ortho intramolecular Hbond substituents is 1. The Balaban J connectivity index is 3.59. The molecule has 28 nitrogen and oxygen atoms in total. The molecule has 0 aromatic heterocycles. The molecule has 1 rings (SSSR count). The predicted molar refractivity (Wildman–Crippen MR) is 225 cm³/mol. The number of nitrogens with zero attached hydrogens (tertiary/aromatic N) is 1. The molecule has 66 heavy (non-hydrogen) atoms. The number of carbonyl (C=O) groups is 11. The lowest BCUT2D eigenvalue weighted by Crippen LogP contribution is -2.60. The second kappa shape index (κ2) is 28.2. The van der Waals surface area contributed by atoms with E-state index in [2.05, 4.69) is 36.9 Å². The van der Waals surface area contributed by atoms with Gasteiger partial charge in [-0.25, -0.2) is 4.79 Å². The van der Waals surface area contributed by atoms with Crippen LogP contribution in [0.4, 0.5) is 0 Å². The van der Waals surface area contributed by atoms with Crippen LogP contribution in [0.3, 0.4) is 0 Å². The van der Waals surface area contributed by atoms with Crippen molar-refractivity contribution >= 4 is 71.2 Å². The monoisotopic (exact) mass is 939 g/mol. The maximum Gasteiger partial charge on any atom is 0.328 e. The summed E-state index contributed by atoms with van der Waals surface area (Å²) in [6.07, 6.45) is -6.97. The lowest BCUT2D eigenvalue weighted by Gasteiger charge is -2.27. The van der Waals surface area contributed by atoms with Crippen LogP contribution in [0.2, 0.25) is 0 Å². The molecule has 0 aliphatic rings. The van der Waals surface area contributed by atoms with Crippen molar-refractivity contribution in [2.75, 3.05) is 6.54 Å². The molecule has 0 aliphatic heterocycles. The van der Waals surface area contributed by atoms with Gasteiger partial charge in [0.15, 0.2) is 12.0 Å². The summed E-state index contributed by atoms with van der Waals surface area (Å²) in [5.41, 5.74) is 22.0. The van der Waals surface area contributed by atoms with Gasteiger partial charge in [-0.15, -0.1) is 0 Å². The fourth-order valence-electron chi connectivity index (χ4n) is 5.75. The molecule has 0 fully saturated rings. The molecule has 0 radical (unpaired) electrons. The number of aliphatic hydroxyl groups excluding tert-OH is 1. The molecule has 8 atom stereocenters. The summed E-state index contributed by atoms with van der Waals surface area (Å²) >= 11 is 0. The van der Waals surface area contributed by atoms with Gasteiger partial charge in [0.05, 0.1) is 18.6 Å². The van der Waals surface area contributed by atoms with E-state index in [0.717, 1.165) is 6.92 Å². The van der Waals surface area contributed by atoms with Crippen LogP contribution in [0, 0.1) is 0 Å². The number of phenols is 1. The van der Waals surface area contributed by atoms with Gasteiger partial charge in [0, 0.05) is 32.2 Å². The Hall–Kier alpha value is -7.62. The second-order valence-electron chi connectivity index (χ2n) is 14.8. The third-order valence-corrected chi connectivity index (χ3v) is 9.24. The van der Waals surface area contributed by atoms with E-state index in [-0.39, 0.29) is 43.1 Å². The number of guanidine groups is 1. The van der Waals surface area contributed by atoms with Gasteiger partial charge in [-0.05, 0) is 56.7 Å². The molecule has 7 amide bonds. The number of nitrogens with one attached hydrogen (secondary N) is 6. The van der Waals surface area contributed by atoms with Crippen LogP contribution in [0.25, 0.3) is 0 Å². The quantitative estimate of drug-likeness (QED) is 0.0187. The fourth-order valence-corrected chi connectivity index (χ4v) is 5.75. The number of nitrogens with two attached hydrogens (primary N) is 4. The second-order valence-corrected chi connectivity index (χ2v) is 14.8. The maximum atomic E-state index is 14.0. The molecular weight excluding hydrogens is 882 g/mol. The number of primary amides is 1. The molecule has 366 valence electrons. The number of aliphatic carboxylic acids is 4. The van der Waals surface area contributed by atoms with Gasteiger partial charge in [-0.3, -0.25) is 52.9 Å². The highest BCUT2D eigenvalue weighted by molar-refractivity contribution is 5.98. The van der Waals surface area contributed by atoms with Crippen molar-refractivity contribution < 1.29 is 83.4 Å². The first-order chi connectivity index (χ1) is 30.8. The van der Waals surface area contributed by atoms with E-state index in [1.807, 2.05) is 0 Å². The predicted octanol–water partition coefficient (Wildman–Crippen LogP) is -5.84. The Bertz CT molecular complexity index is 1940. The lowest BCUT2D eigenvalue weighted by molar-refractivity contribution is -0.145. The first-order valence-electron chi connectivity index (χ1n) is 20.1. The molecule has 1 aromatic rings. The van der Waals surface area contributed by atoms with Crippen molar-refractivity contribution in [3.8, 4) is 5.75 Å². The molecule has 0 saturated heterocycles. The molecule has 0 unspecified atom stereocenters. The fraction of sp³-hybridized carbons (Fsp3) is 0.526. The minimum absolute atomic E-state index is 0.00401. The zero-order valence-electron chi connectivity index (χ0n) is 35.6. The van der Waals surface area contributed by atoms with Gasteiger partial charge < -0.3 is 85.5 Å². The van der Waals surface area contributed by atoms with E-state index in [9.17, 15) is 78.3 Å². The third kappa shape index (κ3) is 22.1. The maximum absolute atomic E-state index is 14.0. The summed E-state index contributed by atoms with van der Waals surface area (Å²) in [6, 6.07) is -6.99. The normalized spacial score (nSPS) is 14.4. The highest BCUT2D eigenvalue weighted by Gasteiger charge is 2.35. The number of carboxylic acids is 4. The van der Waals surface area contributed by atoms with Gasteiger partial charge in [0.2, 0.25) is 41.4 Å². The zero-order valence-corrected chi connectivity index (χ0v) is 35.6. The largest absolute Gasteiger partial charge is 0.508 e. The molecule has 0 saturated carbocycles. The van der Waals surface area contributed by atoms with Crippen molar-refractivity contribution in [1.82, 2.24) is 31.9 Å². The van der Waals surface area contributed by atoms with Crippen LogP contribution in [0.5, 0.6) is 5.75 Å². The Morgan fingerprint density at radius 1 is 0.576 bits per heavy atom. The minimum atomic E-state index is -1.86. The van der Waals surface area contributed by atoms with Gasteiger partial charge in [-0.1, -0.05) is 12.1 Å². The number of carbonyl (C=O) groups excluding carboxylic acids is 7. The molecule has 28 heteroatoms. The van der Waals surface area contributed by atoms with Gasteiger partial charge in [-0.2, -0.15) is 0 Å². The average Bonchev–Trinajstić information content (AvgIpc) is 3.22. The number of benzene rings is 1. The van der Waals surface area contributed by atoms with E-state index < -0.39 is 159 Å². The van der Waals surface area contributed by atoms with Crippen LogP contribution < -0.4 is 54.8 Å². The first-order valence-corrected chi connectivity index (χ1v) is 20.1.